The molecule has 0 bridgehead atoms. The molecule has 0 rings (SSSR count). The molecule has 0 aromatic carbocycles. The van der Waals surface area contributed by atoms with Gasteiger partial charge in [0.1, 0.15) is 0 Å². The first kappa shape index (κ1) is 524. The van der Waals surface area contributed by atoms with Crippen LogP contribution in [-0.4, -0.2) is 0 Å². The molecule has 0 aliphatic carbocycles. The second-order valence-electron chi connectivity index (χ2n) is 0. The van der Waals surface area contributed by atoms with E-state index in [1.807, 2.05) is 0 Å². The fraction of sp³-hybridized carbons (Fsp3) is 0. The summed E-state index contributed by atoms with van der Waals surface area (Å²) in [5.74, 6) is 0. The summed E-state index contributed by atoms with van der Waals surface area (Å²) < 4.78 is 0. The fourth-order valence-electron chi connectivity index (χ4n) is 0. The van der Waals surface area contributed by atoms with Crippen LogP contribution in [0.3, 0.4) is 0 Å². The Bertz CT molecular complexity index is 33.0. The Labute approximate surface area is 188 Å². The van der Waals surface area contributed by atoms with E-state index in [1.54, 1.807) is 0 Å². The van der Waals surface area contributed by atoms with Crippen molar-refractivity contribution in [3.63, 3.8) is 0 Å². The fourth-order valence-corrected chi connectivity index (χ4v) is 0. The van der Waals surface area contributed by atoms with Crippen LogP contribution >= 0.6 is 0 Å². The Morgan fingerprint density at radius 1 is 0.294 bits per heavy atom. The molecule has 9 nitrogen and oxygen atoms in total. The van der Waals surface area contributed by atoms with E-state index in [0.29, 0.717) is 0 Å². The molecule has 0 unspecified atom stereocenters. The van der Waals surface area contributed by atoms with Crippen LogP contribution < -0.4 is 0 Å². The van der Waals surface area contributed by atoms with Gasteiger partial charge in [0.15, 0.2) is 0 Å². The maximum atomic E-state index is 0. The van der Waals surface area contributed by atoms with Gasteiger partial charge in [0.25, 0.3) is 0 Å². The van der Waals surface area contributed by atoms with Crippen LogP contribution in [0.25, 0.3) is 0 Å². The predicted octanol–water partition coefficient (Wildman–Crippen LogP) is -1.09. The molecule has 0 aromatic heterocycles. The molecular formula is Cu2Fe2Mn2O9Zn2. The van der Waals surface area contributed by atoms with Crippen LogP contribution in [-0.2, 0) is 191 Å². The molecule has 0 fully saturated rings. The van der Waals surface area contributed by atoms with Gasteiger partial charge in [0.05, 0.1) is 0 Å². The SMILES string of the molecule is [Cu+2].[Cu+2].[Fe+3].[Fe+3].[Mn+2].[Mn+2].[O-2].[O-2].[O-2].[O-2].[O-2].[O-2].[O-2].[O-2].[O-2].[Zn+2].[Zn+2]. The minimum atomic E-state index is 0. The molecule has 0 saturated carbocycles. The monoisotopic (exact) mass is 619 g/mol. The largest absolute Gasteiger partial charge is 3.00 e. The van der Waals surface area contributed by atoms with E-state index in [4.69, 9.17) is 0 Å². The van der Waals surface area contributed by atoms with Crippen LogP contribution in [0.1, 0.15) is 0 Å². The zero-order valence-electron chi connectivity index (χ0n) is 7.15. The normalized spacial score (nSPS) is 0. The quantitative estimate of drug-likeness (QED) is 0.292. The van der Waals surface area contributed by atoms with Crippen molar-refractivity contribution in [2.24, 2.45) is 0 Å². The number of hydrogen-bond acceptors (Lipinski definition) is 0. The molecule has 0 atom stereocenters. The van der Waals surface area contributed by atoms with Gasteiger partial charge in [0, 0.05) is 0 Å². The van der Waals surface area contributed by atoms with Crippen molar-refractivity contribution < 1.29 is 191 Å². The number of hydrogen-bond donors (Lipinski definition) is 0. The van der Waals surface area contributed by atoms with Crippen molar-refractivity contribution in [3.05, 3.63) is 0 Å². The molecule has 0 aliphatic heterocycles. The average molecular weight is 623 g/mol. The molecule has 110 valence electrons. The summed E-state index contributed by atoms with van der Waals surface area (Å²) in [5.41, 5.74) is 0. The molecule has 17 heteroatoms. The zero-order valence-corrected chi connectivity index (χ0v) is 19.5. The van der Waals surface area contributed by atoms with E-state index >= 15 is 0 Å². The topological polar surface area (TPSA) is 256 Å². The maximum Gasteiger partial charge on any atom is 3.00 e. The van der Waals surface area contributed by atoms with Gasteiger partial charge < -0.3 is 49.3 Å². The molecule has 0 N–H and O–H groups in total. The van der Waals surface area contributed by atoms with E-state index < -0.39 is 0 Å². The second-order valence-corrected chi connectivity index (χ2v) is 0. The summed E-state index contributed by atoms with van der Waals surface area (Å²) in [6.07, 6.45) is 0. The Kier molecular flexibility index (Phi) is 13900. The summed E-state index contributed by atoms with van der Waals surface area (Å²) in [7, 11) is 0. The molecule has 0 saturated heterocycles. The summed E-state index contributed by atoms with van der Waals surface area (Å²) >= 11 is 0. The van der Waals surface area contributed by atoms with Crippen molar-refractivity contribution in [2.45, 2.75) is 0 Å². The van der Waals surface area contributed by atoms with Crippen LogP contribution in [0.2, 0.25) is 0 Å². The average Bonchev–Trinajstić information content (AvgIpc) is 0. The third kappa shape index (κ3) is 405. The molecule has 0 spiro atoms. The Morgan fingerprint density at radius 3 is 0.294 bits per heavy atom. The first-order chi connectivity index (χ1) is 0. The van der Waals surface area contributed by atoms with Crippen molar-refractivity contribution in [1.29, 1.82) is 0 Å². The van der Waals surface area contributed by atoms with Gasteiger partial charge in [-0.3, -0.25) is 0 Å². The van der Waals surface area contributed by atoms with Gasteiger partial charge in [-0.2, -0.15) is 0 Å². The third-order valence-electron chi connectivity index (χ3n) is 0. The summed E-state index contributed by atoms with van der Waals surface area (Å²) in [4.78, 5) is 0. The molecule has 0 aromatic rings. The van der Waals surface area contributed by atoms with Crippen LogP contribution in [0.5, 0.6) is 0 Å². The van der Waals surface area contributed by atoms with Gasteiger partial charge in [-0.05, 0) is 0 Å². The predicted molar refractivity (Wildman–Crippen MR) is 6.18 cm³/mol. The van der Waals surface area contributed by atoms with Crippen LogP contribution in [0.15, 0.2) is 0 Å². The Morgan fingerprint density at radius 2 is 0.294 bits per heavy atom. The van der Waals surface area contributed by atoms with Crippen molar-refractivity contribution in [2.75, 3.05) is 0 Å². The van der Waals surface area contributed by atoms with Crippen LogP contribution in [0, 0.1) is 0 Å². The molecule has 0 heterocycles. The van der Waals surface area contributed by atoms with Gasteiger partial charge in [0.2, 0.25) is 0 Å². The smallest absolute Gasteiger partial charge is 2.00 e. The minimum absolute atomic E-state index is 0. The van der Waals surface area contributed by atoms with Gasteiger partial charge in [-0.25, -0.2) is 0 Å². The van der Waals surface area contributed by atoms with Crippen LogP contribution in [0.4, 0.5) is 0 Å². The van der Waals surface area contributed by atoms with Gasteiger partial charge in [-0.15, -0.1) is 0 Å². The summed E-state index contributed by atoms with van der Waals surface area (Å²) in [6, 6.07) is 0. The summed E-state index contributed by atoms with van der Waals surface area (Å²) in [6.45, 7) is 0. The molecule has 0 aliphatic rings. The van der Waals surface area contributed by atoms with E-state index in [0.717, 1.165) is 0 Å². The molecular weight excluding hydrogens is 623 g/mol. The first-order valence-electron chi connectivity index (χ1n) is 0. The maximum absolute atomic E-state index is 0. The third-order valence-corrected chi connectivity index (χ3v) is 0. The Hall–Kier alpha value is 4.00. The second kappa shape index (κ2) is 451. The van der Waals surface area contributed by atoms with Crippen molar-refractivity contribution >= 4 is 0 Å². The molecule has 0 amide bonds. The standard InChI is InChI=1S/2Cu.2Fe.2Mn.9O.2Zn/q2*+2;2*+3;2*+2;9*-2;2*+2. The Balaban J connectivity index is 0. The minimum Gasteiger partial charge on any atom is -2.00 e. The zero-order chi connectivity index (χ0) is 0. The number of rotatable bonds is 0. The first-order valence-corrected chi connectivity index (χ1v) is 0. The van der Waals surface area contributed by atoms with Crippen molar-refractivity contribution in [3.8, 4) is 0 Å². The van der Waals surface area contributed by atoms with E-state index in [-0.39, 0.29) is 191 Å². The van der Waals surface area contributed by atoms with E-state index in [1.165, 1.54) is 0 Å². The van der Waals surface area contributed by atoms with E-state index in [2.05, 4.69) is 0 Å². The molecule has 17 heavy (non-hydrogen) atoms. The van der Waals surface area contributed by atoms with Crippen molar-refractivity contribution in [1.82, 2.24) is 0 Å². The van der Waals surface area contributed by atoms with E-state index in [9.17, 15) is 0 Å². The molecule has 6 radical (unpaired) electrons. The van der Waals surface area contributed by atoms with Gasteiger partial charge >= 0.3 is 141 Å². The summed E-state index contributed by atoms with van der Waals surface area (Å²) in [5, 5.41) is 0. The van der Waals surface area contributed by atoms with Gasteiger partial charge in [-0.1, -0.05) is 0 Å².